The predicted molar refractivity (Wildman–Crippen MR) is 41.3 cm³/mol. The Hall–Kier alpha value is -0.490. The summed E-state index contributed by atoms with van der Waals surface area (Å²) in [6.45, 7) is 3.49. The molecule has 12 heavy (non-hydrogen) atoms. The van der Waals surface area contributed by atoms with Crippen LogP contribution in [0.5, 0.6) is 0 Å². The molecule has 2 fully saturated rings. The lowest BCUT2D eigenvalue weighted by molar-refractivity contribution is -1.19. The van der Waals surface area contributed by atoms with Gasteiger partial charge in [0.2, 0.25) is 0 Å². The minimum absolute atomic E-state index is 0.0319. The molecule has 1 saturated heterocycles. The first-order chi connectivity index (χ1) is 5.79. The molecule has 4 unspecified atom stereocenters. The van der Waals surface area contributed by atoms with E-state index in [2.05, 4.69) is 11.7 Å². The van der Waals surface area contributed by atoms with Crippen LogP contribution in [0.25, 0.3) is 0 Å². The fourth-order valence-corrected chi connectivity index (χ4v) is 1.78. The molecule has 0 amide bonds. The van der Waals surface area contributed by atoms with Crippen LogP contribution in [-0.4, -0.2) is 25.0 Å². The van der Waals surface area contributed by atoms with E-state index in [1.807, 2.05) is 0 Å². The second kappa shape index (κ2) is 3.10. The van der Waals surface area contributed by atoms with E-state index < -0.39 is 5.39 Å². The van der Waals surface area contributed by atoms with Gasteiger partial charge in [0, 0.05) is 6.42 Å². The van der Waals surface area contributed by atoms with Gasteiger partial charge in [0.05, 0.1) is 6.04 Å². The Morgan fingerprint density at radius 3 is 2.83 bits per heavy atom. The summed E-state index contributed by atoms with van der Waals surface area (Å²) in [7, 11) is 0. The Bertz CT molecular complexity index is 187. The first kappa shape index (κ1) is 8.12. The molecule has 0 aromatic carbocycles. The number of nitrogens with zero attached hydrogens (tertiary/aromatic N) is 1. The van der Waals surface area contributed by atoms with Gasteiger partial charge in [-0.15, -0.1) is 0 Å². The zero-order chi connectivity index (χ0) is 8.55. The highest BCUT2D eigenvalue weighted by Gasteiger charge is 2.41. The van der Waals surface area contributed by atoms with Gasteiger partial charge in [-0.1, -0.05) is 5.39 Å². The van der Waals surface area contributed by atoms with Crippen molar-refractivity contribution in [2.45, 2.75) is 37.5 Å². The molecule has 2 rings (SSSR count). The van der Waals surface area contributed by atoms with Crippen molar-refractivity contribution in [2.75, 3.05) is 0 Å². The highest BCUT2D eigenvalue weighted by molar-refractivity contribution is 5.24. The molecule has 1 N–H and O–H groups in total. The Labute approximate surface area is 70.5 Å². The monoisotopic (exact) mass is 172 g/mol. The van der Waals surface area contributed by atoms with Crippen molar-refractivity contribution in [3.8, 4) is 0 Å². The fraction of sp³-hybridized carbons (Fsp3) is 0.857. The van der Waals surface area contributed by atoms with Crippen molar-refractivity contribution < 1.29 is 15.1 Å². The van der Waals surface area contributed by atoms with E-state index in [4.69, 9.17) is 9.68 Å². The van der Waals surface area contributed by atoms with E-state index in [0.29, 0.717) is 0 Å². The van der Waals surface area contributed by atoms with Gasteiger partial charge < -0.3 is 5.21 Å². The standard InChI is InChI=1S/C7H12N2O3/c1-8-5-2-3-6-7(4-5)12-9(10)11-6/h5-7,9H,1-4H2. The zero-order valence-corrected chi connectivity index (χ0v) is 6.73. The van der Waals surface area contributed by atoms with E-state index in [-0.39, 0.29) is 18.2 Å². The van der Waals surface area contributed by atoms with Gasteiger partial charge in [0.15, 0.2) is 12.2 Å². The molecule has 5 nitrogen and oxygen atoms in total. The summed E-state index contributed by atoms with van der Waals surface area (Å²) in [5.41, 5.74) is 0. The second-order valence-electron chi connectivity index (χ2n) is 3.21. The molecule has 1 heterocycles. The van der Waals surface area contributed by atoms with E-state index in [1.165, 1.54) is 0 Å². The van der Waals surface area contributed by atoms with Gasteiger partial charge in [-0.25, -0.2) is 0 Å². The molecule has 5 heteroatoms. The van der Waals surface area contributed by atoms with Crippen LogP contribution in [-0.2, 0) is 9.68 Å². The van der Waals surface area contributed by atoms with Crippen molar-refractivity contribution in [3.63, 3.8) is 0 Å². The number of nitrogens with one attached hydrogen (secondary N) is 1. The summed E-state index contributed by atoms with van der Waals surface area (Å²) in [4.78, 5) is 13.8. The molecule has 0 spiro atoms. The van der Waals surface area contributed by atoms with Crippen LogP contribution >= 0.6 is 0 Å². The van der Waals surface area contributed by atoms with Gasteiger partial charge in [-0.05, 0) is 19.6 Å². The molecule has 0 aromatic rings. The highest BCUT2D eigenvalue weighted by atomic mass is 17.1. The van der Waals surface area contributed by atoms with E-state index in [9.17, 15) is 5.21 Å². The quantitative estimate of drug-likeness (QED) is 0.417. The molecule has 2 aliphatic rings. The van der Waals surface area contributed by atoms with E-state index >= 15 is 0 Å². The SMILES string of the molecule is C=NC1CCC2O[NH+]([O-])OC2C1. The normalized spacial score (nSPS) is 47.1. The summed E-state index contributed by atoms with van der Waals surface area (Å²) >= 11 is 0. The van der Waals surface area contributed by atoms with Gasteiger partial charge >= 0.3 is 0 Å². The molecule has 0 aromatic heterocycles. The molecule has 1 aliphatic carbocycles. The Morgan fingerprint density at radius 2 is 2.08 bits per heavy atom. The van der Waals surface area contributed by atoms with Crippen LogP contribution < -0.4 is 5.39 Å². The molecular weight excluding hydrogens is 160 g/mol. The van der Waals surface area contributed by atoms with Crippen LogP contribution in [0.15, 0.2) is 4.99 Å². The Morgan fingerprint density at radius 1 is 1.33 bits per heavy atom. The summed E-state index contributed by atoms with van der Waals surface area (Å²) in [5, 5.41) is 10.2. The first-order valence-electron chi connectivity index (χ1n) is 4.12. The highest BCUT2D eigenvalue weighted by Crippen LogP contribution is 2.26. The predicted octanol–water partition coefficient (Wildman–Crippen LogP) is -0.764. The number of fused-ring (bicyclic) bond motifs is 1. The fourth-order valence-electron chi connectivity index (χ4n) is 1.78. The average Bonchev–Trinajstić information content (AvgIpc) is 2.43. The molecular formula is C7H12N2O3. The van der Waals surface area contributed by atoms with Crippen molar-refractivity contribution >= 4 is 6.72 Å². The van der Waals surface area contributed by atoms with Gasteiger partial charge in [0.25, 0.3) is 0 Å². The molecule has 1 aliphatic heterocycles. The Balaban J connectivity index is 1.97. The maximum absolute atomic E-state index is 10.7. The summed E-state index contributed by atoms with van der Waals surface area (Å²) in [6, 6.07) is 0.237. The minimum atomic E-state index is -0.533. The summed E-state index contributed by atoms with van der Waals surface area (Å²) < 4.78 is 0. The maximum Gasteiger partial charge on any atom is 0.155 e. The maximum atomic E-state index is 10.7. The third kappa shape index (κ3) is 1.36. The van der Waals surface area contributed by atoms with Crippen LogP contribution in [0.1, 0.15) is 19.3 Å². The number of hydrogen-bond acceptors (Lipinski definition) is 4. The van der Waals surface area contributed by atoms with Crippen molar-refractivity contribution in [3.05, 3.63) is 5.21 Å². The molecule has 0 radical (unpaired) electrons. The Kier molecular flexibility index (Phi) is 2.10. The van der Waals surface area contributed by atoms with Crippen LogP contribution in [0.4, 0.5) is 0 Å². The third-order valence-electron chi connectivity index (χ3n) is 2.46. The molecule has 0 bridgehead atoms. The summed E-state index contributed by atoms with van der Waals surface area (Å²) in [5.74, 6) is 0. The number of aliphatic imine (C=N–C) groups is 1. The minimum Gasteiger partial charge on any atom is -0.566 e. The number of hydrogen-bond donors (Lipinski definition) is 1. The molecule has 4 atom stereocenters. The van der Waals surface area contributed by atoms with Crippen molar-refractivity contribution in [1.82, 2.24) is 0 Å². The molecule has 68 valence electrons. The van der Waals surface area contributed by atoms with Gasteiger partial charge in [-0.3, -0.25) is 4.99 Å². The smallest absolute Gasteiger partial charge is 0.155 e. The van der Waals surface area contributed by atoms with E-state index in [0.717, 1.165) is 19.3 Å². The third-order valence-corrected chi connectivity index (χ3v) is 2.46. The van der Waals surface area contributed by atoms with Crippen LogP contribution in [0.2, 0.25) is 0 Å². The van der Waals surface area contributed by atoms with Gasteiger partial charge in [-0.2, -0.15) is 9.68 Å². The lowest BCUT2D eigenvalue weighted by Gasteiger charge is -2.22. The van der Waals surface area contributed by atoms with E-state index in [1.54, 1.807) is 0 Å². The van der Waals surface area contributed by atoms with Gasteiger partial charge in [0.1, 0.15) is 0 Å². The van der Waals surface area contributed by atoms with Crippen molar-refractivity contribution in [1.29, 1.82) is 0 Å². The largest absolute Gasteiger partial charge is 0.566 e. The topological polar surface area (TPSA) is 58.3 Å². The summed E-state index contributed by atoms with van der Waals surface area (Å²) in [6.07, 6.45) is 2.44. The van der Waals surface area contributed by atoms with Crippen LogP contribution in [0, 0.1) is 5.21 Å². The lowest BCUT2D eigenvalue weighted by atomic mass is 9.91. The zero-order valence-electron chi connectivity index (χ0n) is 6.73. The average molecular weight is 172 g/mol. The van der Waals surface area contributed by atoms with Crippen molar-refractivity contribution in [2.24, 2.45) is 4.99 Å². The first-order valence-corrected chi connectivity index (χ1v) is 4.12. The second-order valence-corrected chi connectivity index (χ2v) is 3.21. The molecule has 1 saturated carbocycles. The number of rotatable bonds is 1. The van der Waals surface area contributed by atoms with Crippen LogP contribution in [0.3, 0.4) is 0 Å². The number of quaternary nitrogens is 1. The lowest BCUT2D eigenvalue weighted by Crippen LogP contribution is -3.03.